The van der Waals surface area contributed by atoms with E-state index in [1.54, 1.807) is 19.2 Å². The van der Waals surface area contributed by atoms with E-state index in [-0.39, 0.29) is 5.91 Å². The summed E-state index contributed by atoms with van der Waals surface area (Å²) in [6, 6.07) is 4.73. The lowest BCUT2D eigenvalue weighted by Crippen LogP contribution is -2.32. The third-order valence-electron chi connectivity index (χ3n) is 2.88. The van der Waals surface area contributed by atoms with Crippen molar-refractivity contribution in [3.8, 4) is 0 Å². The first-order valence-electron chi connectivity index (χ1n) is 6.07. The van der Waals surface area contributed by atoms with Crippen LogP contribution in [0.1, 0.15) is 16.8 Å². The second-order valence-electron chi connectivity index (χ2n) is 4.52. The van der Waals surface area contributed by atoms with Crippen LogP contribution in [0, 0.1) is 0 Å². The van der Waals surface area contributed by atoms with Gasteiger partial charge in [-0.15, -0.1) is 0 Å². The van der Waals surface area contributed by atoms with Gasteiger partial charge in [-0.2, -0.15) is 0 Å². The van der Waals surface area contributed by atoms with Gasteiger partial charge in [0.2, 0.25) is 0 Å². The largest absolute Gasteiger partial charge is 0.465 e. The van der Waals surface area contributed by atoms with E-state index in [2.05, 4.69) is 0 Å². The van der Waals surface area contributed by atoms with Crippen LogP contribution in [0.25, 0.3) is 0 Å². The molecule has 0 heterocycles. The molecule has 2 amide bonds. The van der Waals surface area contributed by atoms with E-state index < -0.39 is 6.09 Å². The molecule has 0 unspecified atom stereocenters. The summed E-state index contributed by atoms with van der Waals surface area (Å²) in [6.07, 6.45) is -0.432. The van der Waals surface area contributed by atoms with Gasteiger partial charge in [0, 0.05) is 32.9 Å². The van der Waals surface area contributed by atoms with Gasteiger partial charge in [-0.1, -0.05) is 11.6 Å². The van der Waals surface area contributed by atoms with E-state index in [1.165, 1.54) is 22.9 Å². The van der Waals surface area contributed by atoms with Gasteiger partial charge in [0.1, 0.15) is 0 Å². The van der Waals surface area contributed by atoms with Crippen molar-refractivity contribution < 1.29 is 14.7 Å². The Labute approximate surface area is 122 Å². The molecule has 7 heteroatoms. The molecule has 0 aliphatic rings. The number of nitrogens with zero attached hydrogens (tertiary/aromatic N) is 2. The van der Waals surface area contributed by atoms with Crippen LogP contribution >= 0.6 is 11.6 Å². The van der Waals surface area contributed by atoms with E-state index >= 15 is 0 Å². The average Bonchev–Trinajstić information content (AvgIpc) is 2.37. The van der Waals surface area contributed by atoms with Crippen molar-refractivity contribution in [3.63, 3.8) is 0 Å². The second kappa shape index (κ2) is 7.00. The molecule has 1 rings (SSSR count). The van der Waals surface area contributed by atoms with Gasteiger partial charge in [-0.3, -0.25) is 4.79 Å². The van der Waals surface area contributed by atoms with Crippen molar-refractivity contribution in [3.05, 3.63) is 28.8 Å². The Kier molecular flexibility index (Phi) is 5.64. The minimum absolute atomic E-state index is 0.215. The zero-order valence-electron chi connectivity index (χ0n) is 11.5. The van der Waals surface area contributed by atoms with Gasteiger partial charge >= 0.3 is 6.09 Å². The first-order chi connectivity index (χ1) is 9.32. The molecule has 0 aliphatic heterocycles. The highest BCUT2D eigenvalue weighted by Gasteiger charge is 2.15. The molecule has 0 atom stereocenters. The number of nitrogen functional groups attached to an aromatic ring is 1. The van der Waals surface area contributed by atoms with Gasteiger partial charge in [0.25, 0.3) is 5.91 Å². The van der Waals surface area contributed by atoms with Crippen LogP contribution in [0.15, 0.2) is 18.2 Å². The fraction of sp³-hybridized carbons (Fsp3) is 0.385. The smallest absolute Gasteiger partial charge is 0.407 e. The van der Waals surface area contributed by atoms with Gasteiger partial charge in [0.05, 0.1) is 10.6 Å². The molecule has 0 radical (unpaired) electrons. The molecule has 1 aromatic carbocycles. The Morgan fingerprint density at radius 2 is 1.85 bits per heavy atom. The van der Waals surface area contributed by atoms with Gasteiger partial charge < -0.3 is 20.6 Å². The van der Waals surface area contributed by atoms with E-state index in [1.807, 2.05) is 0 Å². The number of carbonyl (C=O) groups excluding carboxylic acids is 1. The maximum Gasteiger partial charge on any atom is 0.407 e. The number of carboxylic acid groups (broad SMARTS) is 1. The third kappa shape index (κ3) is 4.31. The summed E-state index contributed by atoms with van der Waals surface area (Å²) in [7, 11) is 3.14. The van der Waals surface area contributed by atoms with E-state index in [0.717, 1.165) is 0 Å². The molecule has 0 fully saturated rings. The van der Waals surface area contributed by atoms with E-state index in [0.29, 0.717) is 35.8 Å². The Balaban J connectivity index is 2.57. The molecule has 0 aliphatic carbocycles. The molecule has 3 N–H and O–H groups in total. The Morgan fingerprint density at radius 3 is 2.40 bits per heavy atom. The van der Waals surface area contributed by atoms with Crippen LogP contribution in [-0.4, -0.2) is 54.1 Å². The number of hydrogen-bond donors (Lipinski definition) is 2. The van der Waals surface area contributed by atoms with Crippen LogP contribution in [0.3, 0.4) is 0 Å². The van der Waals surface area contributed by atoms with E-state index in [4.69, 9.17) is 22.4 Å². The SMILES string of the molecule is CN(CCCN(C)C(=O)c1ccc(N)cc1Cl)C(=O)O. The summed E-state index contributed by atoms with van der Waals surface area (Å²) in [5.74, 6) is -0.215. The number of hydrogen-bond acceptors (Lipinski definition) is 3. The standard InChI is InChI=1S/C13H18ClN3O3/c1-16(6-3-7-17(2)13(19)20)12(18)10-5-4-9(15)8-11(10)14/h4-5,8H,3,6-7,15H2,1-2H3,(H,19,20). The number of rotatable bonds is 5. The Bertz CT molecular complexity index is 508. The molecule has 0 bridgehead atoms. The number of halogens is 1. The maximum atomic E-state index is 12.2. The maximum absolute atomic E-state index is 12.2. The topological polar surface area (TPSA) is 86.9 Å². The van der Waals surface area contributed by atoms with Crippen molar-refractivity contribution >= 4 is 29.3 Å². The molecule has 0 saturated heterocycles. The number of amides is 2. The highest BCUT2D eigenvalue weighted by atomic mass is 35.5. The molecule has 1 aromatic rings. The zero-order valence-corrected chi connectivity index (χ0v) is 12.2. The van der Waals surface area contributed by atoms with Crippen molar-refractivity contribution in [2.75, 3.05) is 32.9 Å². The van der Waals surface area contributed by atoms with Crippen LogP contribution in [0.2, 0.25) is 5.02 Å². The fourth-order valence-corrected chi connectivity index (χ4v) is 1.92. The number of carbonyl (C=O) groups is 2. The molecule has 0 spiro atoms. The third-order valence-corrected chi connectivity index (χ3v) is 3.20. The molecule has 0 saturated carbocycles. The van der Waals surface area contributed by atoms with Crippen molar-refractivity contribution in [1.29, 1.82) is 0 Å². The monoisotopic (exact) mass is 299 g/mol. The quantitative estimate of drug-likeness (QED) is 0.814. The van der Waals surface area contributed by atoms with Gasteiger partial charge in [0.15, 0.2) is 0 Å². The number of nitrogens with two attached hydrogens (primary N) is 1. The molecule has 0 aromatic heterocycles. The van der Waals surface area contributed by atoms with Crippen molar-refractivity contribution in [1.82, 2.24) is 9.80 Å². The van der Waals surface area contributed by atoms with Crippen LogP contribution in [0.5, 0.6) is 0 Å². The minimum Gasteiger partial charge on any atom is -0.465 e. The summed E-state index contributed by atoms with van der Waals surface area (Å²) in [6.45, 7) is 0.805. The summed E-state index contributed by atoms with van der Waals surface area (Å²) >= 11 is 5.98. The van der Waals surface area contributed by atoms with Gasteiger partial charge in [-0.05, 0) is 24.6 Å². The zero-order chi connectivity index (χ0) is 15.3. The summed E-state index contributed by atoms with van der Waals surface area (Å²) < 4.78 is 0. The first-order valence-corrected chi connectivity index (χ1v) is 6.45. The lowest BCUT2D eigenvalue weighted by molar-refractivity contribution is 0.0790. The second-order valence-corrected chi connectivity index (χ2v) is 4.93. The fourth-order valence-electron chi connectivity index (χ4n) is 1.65. The average molecular weight is 300 g/mol. The molecular weight excluding hydrogens is 282 g/mol. The molecule has 110 valence electrons. The lowest BCUT2D eigenvalue weighted by Gasteiger charge is -2.19. The highest BCUT2D eigenvalue weighted by molar-refractivity contribution is 6.34. The lowest BCUT2D eigenvalue weighted by atomic mass is 10.2. The predicted molar refractivity (Wildman–Crippen MR) is 78.1 cm³/mol. The summed E-state index contributed by atoms with van der Waals surface area (Å²) in [5.41, 5.74) is 6.46. The van der Waals surface area contributed by atoms with Gasteiger partial charge in [-0.25, -0.2) is 4.79 Å². The molecular formula is C13H18ClN3O3. The van der Waals surface area contributed by atoms with E-state index in [9.17, 15) is 9.59 Å². The van der Waals surface area contributed by atoms with Crippen LogP contribution in [0.4, 0.5) is 10.5 Å². The summed E-state index contributed by atoms with van der Waals surface area (Å²) in [5, 5.41) is 9.02. The normalized spacial score (nSPS) is 10.2. The Hall–Kier alpha value is -1.95. The minimum atomic E-state index is -0.986. The van der Waals surface area contributed by atoms with Crippen molar-refractivity contribution in [2.45, 2.75) is 6.42 Å². The molecule has 20 heavy (non-hydrogen) atoms. The van der Waals surface area contributed by atoms with Crippen molar-refractivity contribution in [2.24, 2.45) is 0 Å². The summed E-state index contributed by atoms with van der Waals surface area (Å²) in [4.78, 5) is 25.5. The number of benzene rings is 1. The van der Waals surface area contributed by atoms with Crippen LogP contribution in [-0.2, 0) is 0 Å². The first kappa shape index (κ1) is 16.1. The number of anilines is 1. The predicted octanol–water partition coefficient (Wildman–Crippen LogP) is 1.99. The van der Waals surface area contributed by atoms with Crippen LogP contribution < -0.4 is 5.73 Å². The molecule has 6 nitrogen and oxygen atoms in total. The Morgan fingerprint density at radius 1 is 1.25 bits per heavy atom. The highest BCUT2D eigenvalue weighted by Crippen LogP contribution is 2.20.